The van der Waals surface area contributed by atoms with E-state index in [1.54, 1.807) is 30.3 Å². The topological polar surface area (TPSA) is 81.4 Å². The fourth-order valence-electron chi connectivity index (χ4n) is 1.91. The van der Waals surface area contributed by atoms with Crippen molar-refractivity contribution in [1.29, 1.82) is 5.26 Å². The number of para-hydroxylation sites is 1. The van der Waals surface area contributed by atoms with Crippen molar-refractivity contribution in [2.75, 3.05) is 10.8 Å². The molecule has 0 heterocycles. The zero-order valence-electron chi connectivity index (χ0n) is 11.2. The van der Waals surface area contributed by atoms with Gasteiger partial charge in [0, 0.05) is 12.6 Å². The van der Waals surface area contributed by atoms with E-state index >= 15 is 0 Å². The largest absolute Gasteiger partial charge is 0.508 e. The van der Waals surface area contributed by atoms with E-state index in [9.17, 15) is 13.5 Å². The number of anilines is 1. The average molecular weight is 302 g/mol. The molecule has 0 aromatic heterocycles. The molecule has 0 spiro atoms. The summed E-state index contributed by atoms with van der Waals surface area (Å²) in [5.74, 6) is -0.121. The number of aromatic hydroxyl groups is 1. The summed E-state index contributed by atoms with van der Waals surface area (Å²) in [6.07, 6.45) is 0.0763. The van der Waals surface area contributed by atoms with Gasteiger partial charge in [0.15, 0.2) is 0 Å². The van der Waals surface area contributed by atoms with E-state index in [0.29, 0.717) is 5.69 Å². The molecular formula is C15H14N2O3S. The van der Waals surface area contributed by atoms with Crippen molar-refractivity contribution in [2.24, 2.45) is 0 Å². The quantitative estimate of drug-likeness (QED) is 0.920. The van der Waals surface area contributed by atoms with Crippen LogP contribution in [0.4, 0.5) is 5.69 Å². The van der Waals surface area contributed by atoms with Crippen LogP contribution in [-0.2, 0) is 10.0 Å². The fourth-order valence-corrected chi connectivity index (χ4v) is 3.41. The van der Waals surface area contributed by atoms with Gasteiger partial charge in [0.05, 0.1) is 23.1 Å². The molecule has 0 bridgehead atoms. The Balaban J connectivity index is 2.48. The van der Waals surface area contributed by atoms with Crippen LogP contribution in [0.25, 0.3) is 0 Å². The normalized spacial score (nSPS) is 10.8. The van der Waals surface area contributed by atoms with E-state index in [2.05, 4.69) is 0 Å². The summed E-state index contributed by atoms with van der Waals surface area (Å²) < 4.78 is 26.6. The fraction of sp³-hybridized carbons (Fsp3) is 0.133. The zero-order valence-corrected chi connectivity index (χ0v) is 12.0. The SMILES string of the molecule is N#CCCN(c1ccccc1)S(=O)(=O)c1cccc(O)c1. The molecule has 6 heteroatoms. The Kier molecular flexibility index (Phi) is 4.45. The van der Waals surface area contributed by atoms with E-state index in [1.165, 1.54) is 28.6 Å². The lowest BCUT2D eigenvalue weighted by Crippen LogP contribution is -2.31. The first kappa shape index (κ1) is 14.9. The highest BCUT2D eigenvalue weighted by Crippen LogP contribution is 2.25. The number of phenolic OH excluding ortho intramolecular Hbond substituents is 1. The zero-order chi connectivity index (χ0) is 15.3. The lowest BCUT2D eigenvalue weighted by Gasteiger charge is -2.23. The second-order valence-corrected chi connectivity index (χ2v) is 6.18. The molecule has 0 saturated heterocycles. The summed E-state index contributed by atoms with van der Waals surface area (Å²) in [6.45, 7) is 0.0541. The molecule has 0 fully saturated rings. The Bertz CT molecular complexity index is 752. The second-order valence-electron chi connectivity index (χ2n) is 4.32. The van der Waals surface area contributed by atoms with Crippen LogP contribution >= 0.6 is 0 Å². The maximum Gasteiger partial charge on any atom is 0.264 e. The molecular weight excluding hydrogens is 288 g/mol. The molecule has 21 heavy (non-hydrogen) atoms. The number of nitriles is 1. The lowest BCUT2D eigenvalue weighted by molar-refractivity contribution is 0.473. The van der Waals surface area contributed by atoms with Crippen molar-refractivity contribution in [2.45, 2.75) is 11.3 Å². The molecule has 1 N–H and O–H groups in total. The van der Waals surface area contributed by atoms with Gasteiger partial charge in [0.2, 0.25) is 0 Å². The highest BCUT2D eigenvalue weighted by molar-refractivity contribution is 7.92. The maximum atomic E-state index is 12.7. The Hall–Kier alpha value is -2.52. The highest BCUT2D eigenvalue weighted by Gasteiger charge is 2.24. The van der Waals surface area contributed by atoms with Gasteiger partial charge in [-0.2, -0.15) is 5.26 Å². The Morgan fingerprint density at radius 3 is 2.43 bits per heavy atom. The van der Waals surface area contributed by atoms with E-state index in [0.717, 1.165) is 0 Å². The molecule has 108 valence electrons. The van der Waals surface area contributed by atoms with Gasteiger partial charge in [-0.05, 0) is 24.3 Å². The van der Waals surface area contributed by atoms with Gasteiger partial charge in [-0.25, -0.2) is 8.42 Å². The van der Waals surface area contributed by atoms with Gasteiger partial charge in [-0.15, -0.1) is 0 Å². The molecule has 0 aliphatic heterocycles. The first-order chi connectivity index (χ1) is 10.1. The summed E-state index contributed by atoms with van der Waals surface area (Å²) in [7, 11) is -3.83. The Morgan fingerprint density at radius 2 is 1.81 bits per heavy atom. The second kappa shape index (κ2) is 6.29. The van der Waals surface area contributed by atoms with Gasteiger partial charge in [0.1, 0.15) is 5.75 Å². The van der Waals surface area contributed by atoms with Gasteiger partial charge in [0.25, 0.3) is 10.0 Å². The summed E-state index contributed by atoms with van der Waals surface area (Å²) in [5, 5.41) is 18.2. The van der Waals surface area contributed by atoms with E-state index < -0.39 is 10.0 Å². The molecule has 2 aromatic carbocycles. The monoisotopic (exact) mass is 302 g/mol. The maximum absolute atomic E-state index is 12.7. The standard InChI is InChI=1S/C15H14N2O3S/c16-10-5-11-17(13-6-2-1-3-7-13)21(19,20)15-9-4-8-14(18)12-15/h1-4,6-9,12,18H,5,11H2. The van der Waals surface area contributed by atoms with Crippen LogP contribution in [0.5, 0.6) is 5.75 Å². The molecule has 5 nitrogen and oxygen atoms in total. The number of phenols is 1. The van der Waals surface area contributed by atoms with E-state index in [4.69, 9.17) is 5.26 Å². The molecule has 2 rings (SSSR count). The van der Waals surface area contributed by atoms with Crippen LogP contribution in [0, 0.1) is 11.3 Å². The molecule has 2 aromatic rings. The average Bonchev–Trinajstić information content (AvgIpc) is 2.48. The lowest BCUT2D eigenvalue weighted by atomic mass is 10.3. The predicted molar refractivity (Wildman–Crippen MR) is 79.3 cm³/mol. The van der Waals surface area contributed by atoms with Crippen molar-refractivity contribution in [3.8, 4) is 11.8 Å². The van der Waals surface area contributed by atoms with Gasteiger partial charge >= 0.3 is 0 Å². The molecule has 0 amide bonds. The third kappa shape index (κ3) is 3.33. The third-order valence-electron chi connectivity index (χ3n) is 2.88. The summed E-state index contributed by atoms with van der Waals surface area (Å²) >= 11 is 0. The summed E-state index contributed by atoms with van der Waals surface area (Å²) in [6, 6.07) is 16.0. The molecule has 0 unspecified atom stereocenters. The Morgan fingerprint density at radius 1 is 1.10 bits per heavy atom. The molecule has 0 aliphatic rings. The first-order valence-electron chi connectivity index (χ1n) is 6.29. The van der Waals surface area contributed by atoms with Gasteiger partial charge in [-0.3, -0.25) is 4.31 Å². The minimum Gasteiger partial charge on any atom is -0.508 e. The summed E-state index contributed by atoms with van der Waals surface area (Å²) in [5.41, 5.74) is 0.482. The van der Waals surface area contributed by atoms with Crippen molar-refractivity contribution >= 4 is 15.7 Å². The number of hydrogen-bond acceptors (Lipinski definition) is 4. The molecule has 0 radical (unpaired) electrons. The third-order valence-corrected chi connectivity index (χ3v) is 4.70. The molecule has 0 atom stereocenters. The smallest absolute Gasteiger partial charge is 0.264 e. The Labute approximate surface area is 123 Å². The van der Waals surface area contributed by atoms with Crippen LogP contribution in [0.3, 0.4) is 0 Å². The van der Waals surface area contributed by atoms with Crippen molar-refractivity contribution in [1.82, 2.24) is 0 Å². The number of hydrogen-bond donors (Lipinski definition) is 1. The summed E-state index contributed by atoms with van der Waals surface area (Å²) in [4.78, 5) is -0.00991. The van der Waals surface area contributed by atoms with Crippen LogP contribution in [0.2, 0.25) is 0 Å². The number of nitrogens with zero attached hydrogens (tertiary/aromatic N) is 2. The first-order valence-corrected chi connectivity index (χ1v) is 7.73. The van der Waals surface area contributed by atoms with Gasteiger partial charge < -0.3 is 5.11 Å². The number of benzene rings is 2. The van der Waals surface area contributed by atoms with Crippen LogP contribution in [0.1, 0.15) is 6.42 Å². The van der Waals surface area contributed by atoms with Crippen LogP contribution < -0.4 is 4.31 Å². The minimum atomic E-state index is -3.83. The van der Waals surface area contributed by atoms with E-state index in [1.807, 2.05) is 6.07 Å². The van der Waals surface area contributed by atoms with Crippen molar-refractivity contribution in [3.05, 3.63) is 54.6 Å². The van der Waals surface area contributed by atoms with Crippen LogP contribution in [-0.4, -0.2) is 20.1 Å². The number of sulfonamides is 1. The van der Waals surface area contributed by atoms with E-state index in [-0.39, 0.29) is 23.6 Å². The highest BCUT2D eigenvalue weighted by atomic mass is 32.2. The predicted octanol–water partition coefficient (Wildman–Crippen LogP) is 2.50. The minimum absolute atomic E-state index is 0.00991. The van der Waals surface area contributed by atoms with Crippen LogP contribution in [0.15, 0.2) is 59.5 Å². The molecule has 0 saturated carbocycles. The van der Waals surface area contributed by atoms with Crippen molar-refractivity contribution in [3.63, 3.8) is 0 Å². The van der Waals surface area contributed by atoms with Crippen molar-refractivity contribution < 1.29 is 13.5 Å². The van der Waals surface area contributed by atoms with Gasteiger partial charge in [-0.1, -0.05) is 24.3 Å². The number of rotatable bonds is 5. The molecule has 0 aliphatic carbocycles.